The van der Waals surface area contributed by atoms with Gasteiger partial charge in [0.15, 0.2) is 0 Å². The fraction of sp³-hybridized carbons (Fsp3) is 0.200. The second-order valence-electron chi connectivity index (χ2n) is 8.14. The Morgan fingerprint density at radius 3 is 2.63 bits per heavy atom. The predicted octanol–water partition coefficient (Wildman–Crippen LogP) is 4.84. The quantitative estimate of drug-likeness (QED) is 0.456. The number of carbonyl (C=O) groups excluding carboxylic acids is 1. The molecule has 0 atom stereocenters. The number of carboxylic acids is 1. The molecule has 0 fully saturated rings. The fourth-order valence-corrected chi connectivity index (χ4v) is 3.97. The van der Waals surface area contributed by atoms with Crippen LogP contribution in [0.2, 0.25) is 0 Å². The molecular formula is C25H21Cl2N3O5. The van der Waals surface area contributed by atoms with Crippen LogP contribution in [0, 0.1) is 0 Å². The molecular weight excluding hydrogens is 493 g/mol. The molecule has 2 aromatic carbocycles. The van der Waals surface area contributed by atoms with Crippen molar-refractivity contribution in [1.82, 2.24) is 9.55 Å². The Balaban J connectivity index is 1.73. The van der Waals surface area contributed by atoms with Gasteiger partial charge in [0.2, 0.25) is 0 Å². The normalized spacial score (nSPS) is 14.7. The highest BCUT2D eigenvalue weighted by molar-refractivity contribution is 6.54. The number of aromatic nitrogens is 2. The van der Waals surface area contributed by atoms with Crippen LogP contribution >= 0.6 is 23.2 Å². The first-order valence-electron chi connectivity index (χ1n) is 10.8. The van der Waals surface area contributed by atoms with E-state index in [1.807, 2.05) is 44.2 Å². The molecule has 1 aromatic heterocycles. The van der Waals surface area contributed by atoms with Crippen LogP contribution in [0.1, 0.15) is 31.7 Å². The number of carbonyl (C=O) groups is 2. The number of para-hydroxylation sites is 1. The zero-order valence-corrected chi connectivity index (χ0v) is 20.4. The van der Waals surface area contributed by atoms with Gasteiger partial charge in [0, 0.05) is 17.8 Å². The molecule has 10 heteroatoms. The first kappa shape index (κ1) is 24.5. The number of hydrogen-bond donors (Lipinski definition) is 2. The van der Waals surface area contributed by atoms with Crippen molar-refractivity contribution in [3.05, 3.63) is 74.3 Å². The first-order chi connectivity index (χ1) is 16.7. The molecule has 0 unspecified atom stereocenters. The molecule has 0 aliphatic carbocycles. The molecule has 2 heterocycles. The van der Waals surface area contributed by atoms with Gasteiger partial charge in [-0.2, -0.15) is 0 Å². The molecule has 0 radical (unpaired) electrons. The molecule has 4 rings (SSSR count). The van der Waals surface area contributed by atoms with Crippen LogP contribution in [0.5, 0.6) is 5.75 Å². The number of nitrogens with zero attached hydrogens (tertiary/aromatic N) is 2. The number of benzene rings is 2. The number of amides is 1. The van der Waals surface area contributed by atoms with E-state index in [9.17, 15) is 14.4 Å². The average Bonchev–Trinajstić information content (AvgIpc) is 3.21. The molecule has 35 heavy (non-hydrogen) atoms. The lowest BCUT2D eigenvalue weighted by Crippen LogP contribution is -2.21. The van der Waals surface area contributed by atoms with Gasteiger partial charge in [-0.3, -0.25) is 14.2 Å². The minimum Gasteiger partial charge on any atom is -0.490 e. The molecule has 180 valence electrons. The van der Waals surface area contributed by atoms with Crippen LogP contribution in [0.25, 0.3) is 22.6 Å². The van der Waals surface area contributed by atoms with Crippen molar-refractivity contribution >= 4 is 63.3 Å². The number of fused-ring (bicyclic) bond motifs is 2. The van der Waals surface area contributed by atoms with E-state index in [0.29, 0.717) is 29.7 Å². The summed E-state index contributed by atoms with van der Waals surface area (Å²) in [5.74, 6) is -1.13. The SMILES string of the molecule is CC(C)Oc1ccccc1/C=C1/CCn2c1nc1cc(NC(=O)/C(Cl)=C(/Cl)C(=O)O)ccc1c2=O. The van der Waals surface area contributed by atoms with E-state index in [-0.39, 0.29) is 17.4 Å². The minimum atomic E-state index is -1.52. The van der Waals surface area contributed by atoms with Crippen molar-refractivity contribution in [3.8, 4) is 5.75 Å². The van der Waals surface area contributed by atoms with Crippen LogP contribution in [-0.4, -0.2) is 32.6 Å². The number of rotatable bonds is 6. The molecule has 0 saturated heterocycles. The fourth-order valence-electron chi connectivity index (χ4n) is 3.76. The van der Waals surface area contributed by atoms with Gasteiger partial charge in [0.1, 0.15) is 21.6 Å². The summed E-state index contributed by atoms with van der Waals surface area (Å²) in [6.45, 7) is 4.41. The molecule has 3 aromatic rings. The van der Waals surface area contributed by atoms with Crippen molar-refractivity contribution in [3.63, 3.8) is 0 Å². The maximum Gasteiger partial charge on any atom is 0.349 e. The number of anilines is 1. The Bertz CT molecular complexity index is 1470. The topological polar surface area (TPSA) is 111 Å². The lowest BCUT2D eigenvalue weighted by Gasteiger charge is -2.13. The standard InChI is InChI=1S/C25H21Cl2N3O5/c1-13(2)35-19-6-4-3-5-14(19)11-15-9-10-30-22(15)29-18-12-16(7-8-17(18)24(30)32)28-23(31)20(26)21(27)25(33)34/h3-8,11-13H,9-10H2,1-2H3,(H,28,31)(H,33,34)/b15-11-,21-20-. The summed E-state index contributed by atoms with van der Waals surface area (Å²) < 4.78 is 7.54. The highest BCUT2D eigenvalue weighted by atomic mass is 35.5. The summed E-state index contributed by atoms with van der Waals surface area (Å²) in [5, 5.41) is 10.3. The van der Waals surface area contributed by atoms with Crippen molar-refractivity contribution in [2.45, 2.75) is 32.9 Å². The molecule has 0 spiro atoms. The summed E-state index contributed by atoms with van der Waals surface area (Å²) in [5.41, 5.74) is 2.24. The van der Waals surface area contributed by atoms with Crippen LogP contribution < -0.4 is 15.6 Å². The highest BCUT2D eigenvalue weighted by Crippen LogP contribution is 2.31. The number of halogens is 2. The minimum absolute atomic E-state index is 0.0115. The Kier molecular flexibility index (Phi) is 6.95. The van der Waals surface area contributed by atoms with Crippen molar-refractivity contribution in [2.75, 3.05) is 5.32 Å². The number of allylic oxidation sites excluding steroid dienone is 1. The van der Waals surface area contributed by atoms with E-state index in [2.05, 4.69) is 5.32 Å². The van der Waals surface area contributed by atoms with Crippen LogP contribution in [0.15, 0.2) is 57.3 Å². The maximum absolute atomic E-state index is 13.1. The van der Waals surface area contributed by atoms with Gasteiger partial charge in [-0.05, 0) is 56.2 Å². The van der Waals surface area contributed by atoms with E-state index >= 15 is 0 Å². The number of carboxylic acid groups (broad SMARTS) is 1. The number of ether oxygens (including phenoxy) is 1. The van der Waals surface area contributed by atoms with E-state index in [0.717, 1.165) is 16.9 Å². The largest absolute Gasteiger partial charge is 0.490 e. The second-order valence-corrected chi connectivity index (χ2v) is 8.89. The number of aliphatic carboxylic acids is 1. The number of nitrogens with one attached hydrogen (secondary N) is 1. The predicted molar refractivity (Wildman–Crippen MR) is 136 cm³/mol. The lowest BCUT2D eigenvalue weighted by atomic mass is 10.1. The van der Waals surface area contributed by atoms with Crippen molar-refractivity contribution in [2.24, 2.45) is 0 Å². The van der Waals surface area contributed by atoms with Gasteiger partial charge in [-0.1, -0.05) is 41.4 Å². The van der Waals surface area contributed by atoms with Gasteiger partial charge in [0.05, 0.1) is 17.0 Å². The number of hydrogen-bond acceptors (Lipinski definition) is 5. The molecule has 0 saturated carbocycles. The van der Waals surface area contributed by atoms with E-state index in [1.165, 1.54) is 12.1 Å². The monoisotopic (exact) mass is 513 g/mol. The van der Waals surface area contributed by atoms with Gasteiger partial charge >= 0.3 is 5.97 Å². The Morgan fingerprint density at radius 2 is 1.91 bits per heavy atom. The summed E-state index contributed by atoms with van der Waals surface area (Å²) in [7, 11) is 0. The third kappa shape index (κ3) is 5.08. The molecule has 0 bridgehead atoms. The van der Waals surface area contributed by atoms with Gasteiger partial charge in [-0.25, -0.2) is 9.78 Å². The molecule has 2 N–H and O–H groups in total. The van der Waals surface area contributed by atoms with Crippen LogP contribution in [0.3, 0.4) is 0 Å². The second kappa shape index (κ2) is 9.93. The summed E-state index contributed by atoms with van der Waals surface area (Å²) in [4.78, 5) is 41.0. The van der Waals surface area contributed by atoms with E-state index in [1.54, 1.807) is 10.6 Å². The highest BCUT2D eigenvalue weighted by Gasteiger charge is 2.22. The Morgan fingerprint density at radius 1 is 1.17 bits per heavy atom. The average molecular weight is 514 g/mol. The summed E-state index contributed by atoms with van der Waals surface area (Å²) >= 11 is 11.3. The summed E-state index contributed by atoms with van der Waals surface area (Å²) in [6, 6.07) is 12.3. The third-order valence-electron chi connectivity index (χ3n) is 5.30. The van der Waals surface area contributed by atoms with Crippen LogP contribution in [0.4, 0.5) is 5.69 Å². The summed E-state index contributed by atoms with van der Waals surface area (Å²) in [6.07, 6.45) is 2.61. The van der Waals surface area contributed by atoms with Gasteiger partial charge in [0.25, 0.3) is 11.5 Å². The Labute approximate surface area is 210 Å². The molecule has 1 aliphatic heterocycles. The molecule has 1 amide bonds. The Hall–Kier alpha value is -3.62. The van der Waals surface area contributed by atoms with E-state index < -0.39 is 21.9 Å². The van der Waals surface area contributed by atoms with Crippen LogP contribution in [-0.2, 0) is 16.1 Å². The lowest BCUT2D eigenvalue weighted by molar-refractivity contribution is -0.132. The molecule has 8 nitrogen and oxygen atoms in total. The van der Waals surface area contributed by atoms with Gasteiger partial charge in [-0.15, -0.1) is 0 Å². The van der Waals surface area contributed by atoms with Crippen molar-refractivity contribution in [1.29, 1.82) is 0 Å². The molecule has 1 aliphatic rings. The van der Waals surface area contributed by atoms with Gasteiger partial charge < -0.3 is 15.2 Å². The third-order valence-corrected chi connectivity index (χ3v) is 6.10. The maximum atomic E-state index is 13.1. The van der Waals surface area contributed by atoms with Crippen molar-refractivity contribution < 1.29 is 19.4 Å². The first-order valence-corrected chi connectivity index (χ1v) is 11.5. The smallest absolute Gasteiger partial charge is 0.349 e. The zero-order chi connectivity index (χ0) is 25.3. The zero-order valence-electron chi connectivity index (χ0n) is 18.8. The van der Waals surface area contributed by atoms with E-state index in [4.69, 9.17) is 38.0 Å².